The van der Waals surface area contributed by atoms with Gasteiger partial charge in [-0.3, -0.25) is 0 Å². The fourth-order valence-electron chi connectivity index (χ4n) is 4.19. The molecule has 0 aromatic rings. The van der Waals surface area contributed by atoms with Crippen molar-refractivity contribution in [3.63, 3.8) is 0 Å². The minimum atomic E-state index is -4.06. The number of hydrogen-bond acceptors (Lipinski definition) is 0. The second-order valence-electron chi connectivity index (χ2n) is 35.2. The molecule has 0 aliphatic heterocycles. The van der Waals surface area contributed by atoms with Gasteiger partial charge in [0.05, 0.1) is 5.41 Å². The number of hydrogen-bond donors (Lipinski definition) is 0. The Morgan fingerprint density at radius 3 is 0.534 bits per heavy atom. The van der Waals surface area contributed by atoms with Gasteiger partial charge in [-0.15, -0.1) is 0 Å². The van der Waals surface area contributed by atoms with Gasteiger partial charge < -0.3 is 0 Å². The summed E-state index contributed by atoms with van der Waals surface area (Å²) in [5.74, 6) is 4.68. The Bertz CT molecular complexity index is 1120. The van der Waals surface area contributed by atoms with Gasteiger partial charge in [-0.25, -0.2) is 8.78 Å². The predicted octanol–water partition coefficient (Wildman–Crippen LogP) is 26.7. The average Bonchev–Trinajstić information content (AvgIpc) is 3.92. The molecule has 0 bridgehead atoms. The minimum absolute atomic E-state index is 0.437. The Kier molecular flexibility index (Phi) is 41.8. The molecule has 3 fully saturated rings. The molecule has 0 unspecified atom stereocenters. The van der Waals surface area contributed by atoms with E-state index in [1.807, 2.05) is 0 Å². The third kappa shape index (κ3) is 64.1. The molecule has 3 saturated carbocycles. The summed E-state index contributed by atoms with van der Waals surface area (Å²) >= 11 is 0. The van der Waals surface area contributed by atoms with Crippen LogP contribution in [0.15, 0.2) is 0 Å². The van der Waals surface area contributed by atoms with E-state index in [1.165, 1.54) is 91.4 Å². The van der Waals surface area contributed by atoms with Gasteiger partial charge in [0.15, 0.2) is 0 Å². The quantitative estimate of drug-likeness (QED) is 0.212. The number of alkyl halides is 5. The van der Waals surface area contributed by atoms with Crippen LogP contribution in [0.25, 0.3) is 0 Å². The molecule has 3 aliphatic rings. The largest absolute Gasteiger partial charge is 0.393 e. The van der Waals surface area contributed by atoms with Crippen LogP contribution >= 0.6 is 0 Å². The lowest BCUT2D eigenvalue weighted by Gasteiger charge is -2.37. The van der Waals surface area contributed by atoms with E-state index in [1.54, 1.807) is 0 Å². The van der Waals surface area contributed by atoms with Gasteiger partial charge in [0, 0.05) is 5.41 Å². The van der Waals surface area contributed by atoms with E-state index in [0.29, 0.717) is 48.7 Å². The lowest BCUT2D eigenvalue weighted by molar-refractivity contribution is -0.204. The van der Waals surface area contributed by atoms with Crippen molar-refractivity contribution >= 4 is 0 Å². The Balaban J connectivity index is -0.000000133. The SMILES string of the molecule is CC(C)(C)C.CC(C)(C)C(C)(C)C.CC(C)(C)C(F)(F)F.CC(C)(C)C(F)F.CC(C)(C)C1CC1.CC(C)(C)C1CCC1.CC(C)(C)C1CCCCC1.CC(C)C(C)(C)C.CC(C)C(C)(C)C.CCC(C)(C)C. The predicted molar refractivity (Wildman–Crippen MR) is 328 cm³/mol. The first-order chi connectivity index (χ1) is 31.2. The van der Waals surface area contributed by atoms with Crippen molar-refractivity contribution in [3.8, 4) is 0 Å². The van der Waals surface area contributed by atoms with Gasteiger partial charge in [-0.05, 0) is 117 Å². The zero-order chi connectivity index (χ0) is 61.2. The summed E-state index contributed by atoms with van der Waals surface area (Å²) in [6.07, 6.45) is 9.76. The molecular weight excluding hydrogens is 912 g/mol. The summed E-state index contributed by atoms with van der Waals surface area (Å²) < 4.78 is 57.8. The molecule has 0 atom stereocenters. The zero-order valence-electron chi connectivity index (χ0n) is 58.1. The number of rotatable bonds is 0. The molecule has 0 amide bonds. The highest BCUT2D eigenvalue weighted by molar-refractivity contribution is 4.84. The summed E-state index contributed by atoms with van der Waals surface area (Å²) in [6.45, 7) is 83.0. The van der Waals surface area contributed by atoms with Crippen molar-refractivity contribution < 1.29 is 22.0 Å². The fraction of sp³-hybridized carbons (Fsp3) is 1.00. The third-order valence-electron chi connectivity index (χ3n) is 15.2. The molecule has 3 aliphatic carbocycles. The smallest absolute Gasteiger partial charge is 0.210 e. The highest BCUT2D eigenvalue weighted by Crippen LogP contribution is 2.45. The second-order valence-corrected chi connectivity index (χ2v) is 35.2. The maximum atomic E-state index is 11.6. The Hall–Kier alpha value is -0.350. The topological polar surface area (TPSA) is 0 Å². The molecule has 0 saturated heterocycles. The maximum absolute atomic E-state index is 11.6. The zero-order valence-corrected chi connectivity index (χ0v) is 58.1. The summed E-state index contributed by atoms with van der Waals surface area (Å²) in [7, 11) is 0. The summed E-state index contributed by atoms with van der Waals surface area (Å²) in [6, 6.07) is 0. The van der Waals surface area contributed by atoms with Crippen molar-refractivity contribution in [1.29, 1.82) is 0 Å². The van der Waals surface area contributed by atoms with Gasteiger partial charge in [0.2, 0.25) is 6.43 Å². The molecule has 0 heterocycles. The molecule has 0 aromatic heterocycles. The van der Waals surface area contributed by atoms with Crippen molar-refractivity contribution in [2.75, 3.05) is 0 Å². The highest BCUT2D eigenvalue weighted by atomic mass is 19.4. The van der Waals surface area contributed by atoms with Crippen LogP contribution in [0.5, 0.6) is 0 Å². The minimum Gasteiger partial charge on any atom is -0.210 e. The van der Waals surface area contributed by atoms with Gasteiger partial charge in [0.25, 0.3) is 0 Å². The molecule has 0 aromatic carbocycles. The van der Waals surface area contributed by atoms with Gasteiger partial charge in [0.1, 0.15) is 0 Å². The van der Waals surface area contributed by atoms with Crippen LogP contribution in [0.2, 0.25) is 0 Å². The molecule has 0 radical (unpaired) electrons. The van der Waals surface area contributed by atoms with Crippen LogP contribution in [0.3, 0.4) is 0 Å². The molecule has 0 spiro atoms. The monoisotopic (exact) mass is 1060 g/mol. The van der Waals surface area contributed by atoms with Gasteiger partial charge >= 0.3 is 6.18 Å². The molecular formula is C68H145F5. The average molecular weight is 1060 g/mol. The first-order valence-electron chi connectivity index (χ1n) is 29.6. The second kappa shape index (κ2) is 35.3. The molecule has 3 rings (SSSR count). The van der Waals surface area contributed by atoms with Crippen LogP contribution in [-0.4, -0.2) is 12.6 Å². The van der Waals surface area contributed by atoms with Crippen LogP contribution in [-0.2, 0) is 0 Å². The standard InChI is InChI=1S/C10H20.C8H16.C8H18.C7H14.2C7H16.C6H14.C5H9F3.C5H10F2.C5H12/c1-10(2,3)9-7-5-4-6-8-9;1-8(2,3)7-5-4-6-7;1-7(2,3)8(4,5)6;1-7(2,3)6-4-5-6;2*1-6(2)7(3,4)5;1-5-6(2,3)4;1-4(2,3)5(6,7)8;1-5(2,3)4(6)7;1-5(2,3)4/h9H,4-8H2,1-3H3;7H,4-6H2,1-3H3;1-6H3;6H,4-5H2,1-3H3;2*6H,1-5H3;5H2,1-4H3;1-3H3;4H,1-3H3;1-4H3. The van der Waals surface area contributed by atoms with Crippen LogP contribution in [0, 0.1) is 89.2 Å². The maximum Gasteiger partial charge on any atom is 0.393 e. The molecule has 0 N–H and O–H groups in total. The number of halogens is 5. The van der Waals surface area contributed by atoms with Crippen LogP contribution in [0.1, 0.15) is 341 Å². The first kappa shape index (κ1) is 86.5. The van der Waals surface area contributed by atoms with Crippen LogP contribution in [0.4, 0.5) is 22.0 Å². The van der Waals surface area contributed by atoms with E-state index in [0.717, 1.165) is 50.4 Å². The third-order valence-corrected chi connectivity index (χ3v) is 15.2. The van der Waals surface area contributed by atoms with Crippen molar-refractivity contribution in [1.82, 2.24) is 0 Å². The first-order valence-corrected chi connectivity index (χ1v) is 29.6. The van der Waals surface area contributed by atoms with Gasteiger partial charge in [-0.1, -0.05) is 302 Å². The fourth-order valence-corrected chi connectivity index (χ4v) is 4.19. The van der Waals surface area contributed by atoms with E-state index in [9.17, 15) is 22.0 Å². The Morgan fingerprint density at radius 2 is 0.493 bits per heavy atom. The van der Waals surface area contributed by atoms with Crippen LogP contribution < -0.4 is 0 Å². The van der Waals surface area contributed by atoms with E-state index >= 15 is 0 Å². The molecule has 73 heavy (non-hydrogen) atoms. The molecule has 0 nitrogen and oxygen atoms in total. The van der Waals surface area contributed by atoms with E-state index < -0.39 is 23.4 Å². The molecule has 452 valence electrons. The van der Waals surface area contributed by atoms with Gasteiger partial charge in [-0.2, -0.15) is 13.2 Å². The van der Waals surface area contributed by atoms with E-state index in [-0.39, 0.29) is 0 Å². The summed E-state index contributed by atoms with van der Waals surface area (Å²) in [4.78, 5) is 0. The van der Waals surface area contributed by atoms with E-state index in [4.69, 9.17) is 0 Å². The van der Waals surface area contributed by atoms with Crippen molar-refractivity contribution in [2.24, 2.45) is 89.2 Å². The lowest BCUT2D eigenvalue weighted by Crippen LogP contribution is -2.28. The summed E-state index contributed by atoms with van der Waals surface area (Å²) in [5.41, 5.74) is 2.30. The van der Waals surface area contributed by atoms with E-state index in [2.05, 4.69) is 228 Å². The normalized spacial score (nSPS) is 16.5. The highest BCUT2D eigenvalue weighted by Gasteiger charge is 2.43. The lowest BCUT2D eigenvalue weighted by atomic mass is 9.69. The molecule has 5 heteroatoms. The Morgan fingerprint density at radius 1 is 0.329 bits per heavy atom. The Labute approximate surface area is 462 Å². The van der Waals surface area contributed by atoms with Crippen molar-refractivity contribution in [3.05, 3.63) is 0 Å². The summed E-state index contributed by atoms with van der Waals surface area (Å²) in [5, 5.41) is 0. The van der Waals surface area contributed by atoms with Crippen molar-refractivity contribution in [2.45, 2.75) is 353 Å².